The van der Waals surface area contributed by atoms with Gasteiger partial charge in [-0.05, 0) is 50.2 Å². The van der Waals surface area contributed by atoms with E-state index >= 15 is 0 Å². The topological polar surface area (TPSA) is 35.5 Å². The maximum atomic E-state index is 12.5. The highest BCUT2D eigenvalue weighted by Crippen LogP contribution is 2.64. The minimum absolute atomic E-state index is 0.0793. The molecule has 0 saturated heterocycles. The summed E-state index contributed by atoms with van der Waals surface area (Å²) in [5, 5.41) is 0.158. The first-order valence-electron chi connectivity index (χ1n) is 8.79. The lowest BCUT2D eigenvalue weighted by molar-refractivity contribution is -0.220. The van der Waals surface area contributed by atoms with Crippen molar-refractivity contribution in [1.29, 1.82) is 0 Å². The highest BCUT2D eigenvalue weighted by Gasteiger charge is 2.69. The van der Waals surface area contributed by atoms with Gasteiger partial charge in [0.1, 0.15) is 0 Å². The van der Waals surface area contributed by atoms with Crippen molar-refractivity contribution in [3.63, 3.8) is 0 Å². The third kappa shape index (κ3) is 2.56. The van der Waals surface area contributed by atoms with Gasteiger partial charge < -0.3 is 9.16 Å². The Hall–Kier alpha value is -0.353. The number of esters is 1. The van der Waals surface area contributed by atoms with Crippen LogP contribution in [0.25, 0.3) is 0 Å². The molecule has 0 N–H and O–H groups in total. The fourth-order valence-electron chi connectivity index (χ4n) is 4.26. The third-order valence-corrected chi connectivity index (χ3v) is 11.2. The predicted octanol–water partition coefficient (Wildman–Crippen LogP) is 4.91. The monoisotopic (exact) mass is 326 g/mol. The Labute approximate surface area is 137 Å². The molecule has 0 aromatic carbocycles. The van der Waals surface area contributed by atoms with Crippen LogP contribution in [0.3, 0.4) is 0 Å². The van der Waals surface area contributed by atoms with E-state index in [2.05, 4.69) is 40.8 Å². The molecule has 128 valence electrons. The van der Waals surface area contributed by atoms with E-state index in [4.69, 9.17) is 9.16 Å². The van der Waals surface area contributed by atoms with Gasteiger partial charge in [0.25, 0.3) is 0 Å². The molecule has 4 heteroatoms. The molecular weight excluding hydrogens is 292 g/mol. The summed E-state index contributed by atoms with van der Waals surface area (Å²) in [4.78, 5) is 12.5. The predicted molar refractivity (Wildman–Crippen MR) is 92.3 cm³/mol. The molecule has 0 spiro atoms. The average Bonchev–Trinajstić information content (AvgIpc) is 2.56. The van der Waals surface area contributed by atoms with Crippen molar-refractivity contribution in [1.82, 2.24) is 0 Å². The Kier molecular flexibility index (Phi) is 4.60. The maximum absolute atomic E-state index is 12.5. The number of hydrogen-bond acceptors (Lipinski definition) is 3. The van der Waals surface area contributed by atoms with Crippen molar-refractivity contribution < 1.29 is 14.0 Å². The van der Waals surface area contributed by atoms with Gasteiger partial charge in [0.15, 0.2) is 8.32 Å². The summed E-state index contributed by atoms with van der Waals surface area (Å²) in [6, 6.07) is 0. The normalized spacial score (nSPS) is 36.0. The summed E-state index contributed by atoms with van der Waals surface area (Å²) in [7, 11) is -0.421. The lowest BCUT2D eigenvalue weighted by Crippen LogP contribution is -2.70. The van der Waals surface area contributed by atoms with Gasteiger partial charge in [0.2, 0.25) is 0 Å². The number of rotatable bonds is 3. The quantitative estimate of drug-likeness (QED) is 0.546. The molecule has 0 aromatic heterocycles. The van der Waals surface area contributed by atoms with Gasteiger partial charge in [-0.2, -0.15) is 0 Å². The Morgan fingerprint density at radius 3 is 2.36 bits per heavy atom. The first-order valence-corrected chi connectivity index (χ1v) is 11.7. The summed E-state index contributed by atoms with van der Waals surface area (Å²) in [5.74, 6) is 0.442. The molecule has 0 heterocycles. The lowest BCUT2D eigenvalue weighted by atomic mass is 9.49. The molecule has 2 fully saturated rings. The van der Waals surface area contributed by atoms with Gasteiger partial charge in [-0.15, -0.1) is 0 Å². The average molecular weight is 327 g/mol. The summed E-state index contributed by atoms with van der Waals surface area (Å²) in [5.41, 5.74) is -0.758. The van der Waals surface area contributed by atoms with Gasteiger partial charge in [-0.1, -0.05) is 40.0 Å². The molecule has 3 nitrogen and oxygen atoms in total. The molecule has 2 saturated carbocycles. The van der Waals surface area contributed by atoms with Crippen LogP contribution in [0.5, 0.6) is 0 Å². The molecule has 0 radical (unpaired) electrons. The third-order valence-electron chi connectivity index (χ3n) is 6.73. The number of methoxy groups -OCH3 is 1. The van der Waals surface area contributed by atoms with Crippen molar-refractivity contribution in [2.24, 2.45) is 11.3 Å². The zero-order valence-corrected chi connectivity index (χ0v) is 16.5. The fourth-order valence-corrected chi connectivity index (χ4v) is 5.97. The van der Waals surface area contributed by atoms with Gasteiger partial charge >= 0.3 is 5.97 Å². The first kappa shape index (κ1) is 18.0. The highest BCUT2D eigenvalue weighted by atomic mass is 28.4. The zero-order chi connectivity index (χ0) is 16.8. The van der Waals surface area contributed by atoms with Gasteiger partial charge in [-0.3, -0.25) is 4.79 Å². The van der Waals surface area contributed by atoms with E-state index in [1.165, 1.54) is 26.4 Å². The summed E-state index contributed by atoms with van der Waals surface area (Å²) >= 11 is 0. The Balaban J connectivity index is 2.39. The smallest absolute Gasteiger partial charge is 0.314 e. The van der Waals surface area contributed by atoms with Crippen molar-refractivity contribution in [2.75, 3.05) is 7.11 Å². The molecule has 0 bridgehead atoms. The SMILES string of the molecule is COC(=O)[C@]1(C)C[C@@H]2CCCCC[C@]21O[Si](C)(C)C(C)(C)C. The molecule has 2 aliphatic carbocycles. The van der Waals surface area contributed by atoms with Crippen molar-refractivity contribution >= 4 is 14.3 Å². The molecule has 2 rings (SSSR count). The van der Waals surface area contributed by atoms with Crippen molar-refractivity contribution in [3.05, 3.63) is 0 Å². The van der Waals surface area contributed by atoms with Crippen LogP contribution in [0.1, 0.15) is 66.2 Å². The van der Waals surface area contributed by atoms with Crippen LogP contribution in [0.4, 0.5) is 0 Å². The first-order chi connectivity index (χ1) is 10.0. The maximum Gasteiger partial charge on any atom is 0.314 e. The molecule has 22 heavy (non-hydrogen) atoms. The van der Waals surface area contributed by atoms with Crippen LogP contribution < -0.4 is 0 Å². The molecule has 2 aliphatic rings. The molecule has 0 unspecified atom stereocenters. The largest absolute Gasteiger partial charge is 0.469 e. The second kappa shape index (κ2) is 5.62. The molecule has 3 atom stereocenters. The van der Waals surface area contributed by atoms with Crippen LogP contribution in [0.2, 0.25) is 18.1 Å². The minimum atomic E-state index is -1.93. The van der Waals surface area contributed by atoms with E-state index in [9.17, 15) is 4.79 Å². The zero-order valence-electron chi connectivity index (χ0n) is 15.5. The summed E-state index contributed by atoms with van der Waals surface area (Å²) in [6.07, 6.45) is 6.82. The molecule has 0 aromatic rings. The highest BCUT2D eigenvalue weighted by molar-refractivity contribution is 6.74. The van der Waals surface area contributed by atoms with Crippen molar-refractivity contribution in [3.8, 4) is 0 Å². The van der Waals surface area contributed by atoms with E-state index in [1.807, 2.05) is 0 Å². The number of hydrogen-bond donors (Lipinski definition) is 0. The van der Waals surface area contributed by atoms with E-state index in [0.29, 0.717) is 5.92 Å². The molecule has 0 aliphatic heterocycles. The molecular formula is C18H34O3Si. The van der Waals surface area contributed by atoms with Gasteiger partial charge in [-0.25, -0.2) is 0 Å². The van der Waals surface area contributed by atoms with E-state index < -0.39 is 13.7 Å². The van der Waals surface area contributed by atoms with Gasteiger partial charge in [0.05, 0.1) is 18.1 Å². The number of carbonyl (C=O) groups excluding carboxylic acids is 1. The van der Waals surface area contributed by atoms with Crippen LogP contribution in [0, 0.1) is 11.3 Å². The Bertz CT molecular complexity index is 440. The summed E-state index contributed by atoms with van der Waals surface area (Å²) < 4.78 is 12.2. The van der Waals surface area contributed by atoms with Crippen molar-refractivity contribution in [2.45, 2.75) is 90.0 Å². The number of carbonyl (C=O) groups is 1. The Morgan fingerprint density at radius 1 is 1.18 bits per heavy atom. The second-order valence-corrected chi connectivity index (χ2v) is 13.8. The van der Waals surface area contributed by atoms with Gasteiger partial charge in [0, 0.05) is 0 Å². The lowest BCUT2D eigenvalue weighted by Gasteiger charge is -2.64. The van der Waals surface area contributed by atoms with E-state index in [0.717, 1.165) is 19.3 Å². The Morgan fingerprint density at radius 2 is 1.82 bits per heavy atom. The number of fused-ring (bicyclic) bond motifs is 1. The standard InChI is InChI=1S/C18H34O3Si/c1-16(2,3)22(6,7)21-18-12-10-8-9-11-14(18)13-17(18,4)15(19)20-5/h14H,8-13H2,1-7H3/t14-,17-,18-/m0/s1. The van der Waals surface area contributed by atoms with E-state index in [1.54, 1.807) is 0 Å². The fraction of sp³-hybridized carbons (Fsp3) is 0.944. The second-order valence-electron chi connectivity index (χ2n) is 9.08. The minimum Gasteiger partial charge on any atom is -0.469 e. The van der Waals surface area contributed by atoms with Crippen LogP contribution in [-0.4, -0.2) is 27.0 Å². The molecule has 0 amide bonds. The number of ether oxygens (including phenoxy) is 1. The summed E-state index contributed by atoms with van der Waals surface area (Å²) in [6.45, 7) is 13.5. The van der Waals surface area contributed by atoms with Crippen LogP contribution >= 0.6 is 0 Å². The van der Waals surface area contributed by atoms with E-state index in [-0.39, 0.29) is 16.6 Å². The van der Waals surface area contributed by atoms with Crippen LogP contribution in [-0.2, 0) is 14.0 Å². The van der Waals surface area contributed by atoms with Crippen LogP contribution in [0.15, 0.2) is 0 Å².